The summed E-state index contributed by atoms with van der Waals surface area (Å²) in [5, 5.41) is 3.53. The number of fused-ring (bicyclic) bond motifs is 1. The third kappa shape index (κ3) is 2.57. The van der Waals surface area contributed by atoms with E-state index in [1.807, 2.05) is 6.07 Å². The molecule has 2 atom stereocenters. The Labute approximate surface area is 143 Å². The molecule has 0 bridgehead atoms. The van der Waals surface area contributed by atoms with Gasteiger partial charge in [0.25, 0.3) is 0 Å². The Hall–Kier alpha value is -1.37. The third-order valence-corrected chi connectivity index (χ3v) is 5.73. The number of hydrogen-bond donors (Lipinski definition) is 2. The molecule has 0 radical (unpaired) electrons. The zero-order chi connectivity index (χ0) is 17.1. The molecule has 2 aromatic rings. The number of aromatic amines is 1. The van der Waals surface area contributed by atoms with E-state index in [0.29, 0.717) is 12.0 Å². The van der Waals surface area contributed by atoms with Crippen LogP contribution in [-0.2, 0) is 9.31 Å². The van der Waals surface area contributed by atoms with Crippen LogP contribution in [0.4, 0.5) is 0 Å². The maximum atomic E-state index is 6.15. The molecule has 0 unspecified atom stereocenters. The van der Waals surface area contributed by atoms with E-state index < -0.39 is 0 Å². The average Bonchev–Trinajstić information content (AvgIpc) is 3.15. The fourth-order valence-corrected chi connectivity index (χ4v) is 3.46. The summed E-state index contributed by atoms with van der Waals surface area (Å²) in [5.41, 5.74) is 2.42. The van der Waals surface area contributed by atoms with Gasteiger partial charge in [-0.1, -0.05) is 13.0 Å². The smallest absolute Gasteiger partial charge is 0.399 e. The SMILES string of the molecule is C[C@@H]1CN[C@H](c2nc3ccc(B4OC(C)(C)C(C)(C)O4)cc3[nH]2)C1. The minimum absolute atomic E-state index is 0.324. The summed E-state index contributed by atoms with van der Waals surface area (Å²) >= 11 is 0. The van der Waals surface area contributed by atoms with Crippen molar-refractivity contribution in [2.24, 2.45) is 5.92 Å². The molecule has 2 aliphatic rings. The predicted octanol–water partition coefficient (Wildman–Crippen LogP) is 2.53. The molecule has 5 nitrogen and oxygen atoms in total. The second kappa shape index (κ2) is 5.31. The average molecular weight is 327 g/mol. The van der Waals surface area contributed by atoms with Gasteiger partial charge in [0.15, 0.2) is 0 Å². The minimum Gasteiger partial charge on any atom is -0.399 e. The first-order valence-corrected chi connectivity index (χ1v) is 8.84. The molecule has 1 aromatic carbocycles. The molecule has 2 aliphatic heterocycles. The molecular weight excluding hydrogens is 301 g/mol. The molecule has 0 saturated carbocycles. The van der Waals surface area contributed by atoms with Crippen LogP contribution in [0.25, 0.3) is 11.0 Å². The van der Waals surface area contributed by atoms with E-state index in [1.165, 1.54) is 0 Å². The van der Waals surface area contributed by atoms with E-state index >= 15 is 0 Å². The van der Waals surface area contributed by atoms with E-state index in [1.54, 1.807) is 0 Å². The number of H-pyrrole nitrogens is 1. The second-order valence-electron chi connectivity index (χ2n) is 8.29. The van der Waals surface area contributed by atoms with E-state index in [-0.39, 0.29) is 18.3 Å². The van der Waals surface area contributed by atoms with Crippen molar-refractivity contribution < 1.29 is 9.31 Å². The quantitative estimate of drug-likeness (QED) is 0.832. The largest absolute Gasteiger partial charge is 0.494 e. The maximum Gasteiger partial charge on any atom is 0.494 e. The molecule has 2 N–H and O–H groups in total. The van der Waals surface area contributed by atoms with Crippen LogP contribution >= 0.6 is 0 Å². The van der Waals surface area contributed by atoms with Crippen molar-refractivity contribution >= 4 is 23.6 Å². The van der Waals surface area contributed by atoms with Gasteiger partial charge in [-0.05, 0) is 64.2 Å². The normalized spacial score (nSPS) is 28.8. The zero-order valence-corrected chi connectivity index (χ0v) is 15.1. The lowest BCUT2D eigenvalue weighted by Gasteiger charge is -2.32. The van der Waals surface area contributed by atoms with Crippen LogP contribution in [0.3, 0.4) is 0 Å². The molecule has 128 valence electrons. The van der Waals surface area contributed by atoms with Crippen molar-refractivity contribution in [1.29, 1.82) is 0 Å². The van der Waals surface area contributed by atoms with Crippen LogP contribution in [0.2, 0.25) is 0 Å². The van der Waals surface area contributed by atoms with Gasteiger partial charge in [0.05, 0.1) is 28.3 Å². The van der Waals surface area contributed by atoms with Gasteiger partial charge in [0.1, 0.15) is 5.82 Å². The monoisotopic (exact) mass is 327 g/mol. The van der Waals surface area contributed by atoms with Gasteiger partial charge in [-0.15, -0.1) is 0 Å². The summed E-state index contributed by atoms with van der Waals surface area (Å²) in [6.07, 6.45) is 1.13. The Morgan fingerprint density at radius 2 is 1.88 bits per heavy atom. The van der Waals surface area contributed by atoms with Crippen molar-refractivity contribution in [2.75, 3.05) is 6.54 Å². The van der Waals surface area contributed by atoms with Gasteiger partial charge in [0, 0.05) is 0 Å². The third-order valence-electron chi connectivity index (χ3n) is 5.73. The molecule has 3 heterocycles. The van der Waals surface area contributed by atoms with Crippen molar-refractivity contribution in [2.45, 2.75) is 58.3 Å². The van der Waals surface area contributed by atoms with Gasteiger partial charge in [-0.25, -0.2) is 4.98 Å². The molecule has 0 amide bonds. The molecule has 2 fully saturated rings. The number of benzene rings is 1. The Kier molecular flexibility index (Phi) is 3.57. The van der Waals surface area contributed by atoms with Gasteiger partial charge in [-0.3, -0.25) is 0 Å². The zero-order valence-electron chi connectivity index (χ0n) is 15.1. The van der Waals surface area contributed by atoms with Gasteiger partial charge in [-0.2, -0.15) is 0 Å². The summed E-state index contributed by atoms with van der Waals surface area (Å²) in [6.45, 7) is 11.6. The highest BCUT2D eigenvalue weighted by Gasteiger charge is 2.51. The number of aromatic nitrogens is 2. The van der Waals surface area contributed by atoms with Crippen molar-refractivity contribution in [3.05, 3.63) is 24.0 Å². The molecule has 0 spiro atoms. The van der Waals surface area contributed by atoms with Crippen LogP contribution in [0.5, 0.6) is 0 Å². The Morgan fingerprint density at radius 1 is 1.17 bits per heavy atom. The second-order valence-corrected chi connectivity index (χ2v) is 8.29. The standard InChI is InChI=1S/C18H26BN3O2/c1-11-8-15(20-10-11)16-21-13-7-6-12(9-14(13)22-16)19-23-17(2,3)18(4,5)24-19/h6-7,9,11,15,20H,8,10H2,1-5H3,(H,21,22)/t11-,15-/m0/s1. The lowest BCUT2D eigenvalue weighted by Crippen LogP contribution is -2.41. The van der Waals surface area contributed by atoms with E-state index in [2.05, 4.69) is 57.1 Å². The molecule has 1 aromatic heterocycles. The summed E-state index contributed by atoms with van der Waals surface area (Å²) in [5.74, 6) is 1.73. The van der Waals surface area contributed by atoms with E-state index in [0.717, 1.165) is 35.3 Å². The summed E-state index contributed by atoms with van der Waals surface area (Å²) in [7, 11) is -0.337. The molecular formula is C18H26BN3O2. The summed E-state index contributed by atoms with van der Waals surface area (Å²) in [6, 6.07) is 6.54. The first-order valence-electron chi connectivity index (χ1n) is 8.84. The number of nitrogens with zero attached hydrogens (tertiary/aromatic N) is 1. The number of rotatable bonds is 2. The van der Waals surface area contributed by atoms with Crippen LogP contribution in [0, 0.1) is 5.92 Å². The van der Waals surface area contributed by atoms with Crippen molar-refractivity contribution in [3.63, 3.8) is 0 Å². The number of imidazole rings is 1. The fourth-order valence-electron chi connectivity index (χ4n) is 3.46. The minimum atomic E-state index is -0.337. The Bertz CT molecular complexity index is 755. The topological polar surface area (TPSA) is 59.2 Å². The lowest BCUT2D eigenvalue weighted by atomic mass is 9.79. The molecule has 4 rings (SSSR count). The van der Waals surface area contributed by atoms with Crippen LogP contribution in [0.1, 0.15) is 52.9 Å². The van der Waals surface area contributed by atoms with Crippen LogP contribution in [0.15, 0.2) is 18.2 Å². The molecule has 6 heteroatoms. The molecule has 0 aliphatic carbocycles. The van der Waals surface area contributed by atoms with Crippen molar-refractivity contribution in [1.82, 2.24) is 15.3 Å². The maximum absolute atomic E-state index is 6.15. The van der Waals surface area contributed by atoms with Gasteiger partial charge >= 0.3 is 7.12 Å². The van der Waals surface area contributed by atoms with Gasteiger partial charge in [0.2, 0.25) is 0 Å². The van der Waals surface area contributed by atoms with Crippen molar-refractivity contribution in [3.8, 4) is 0 Å². The molecule has 24 heavy (non-hydrogen) atoms. The first kappa shape index (κ1) is 16.1. The highest BCUT2D eigenvalue weighted by Crippen LogP contribution is 2.36. The Balaban J connectivity index is 1.62. The predicted molar refractivity (Wildman–Crippen MR) is 96.3 cm³/mol. The highest BCUT2D eigenvalue weighted by atomic mass is 16.7. The lowest BCUT2D eigenvalue weighted by molar-refractivity contribution is 0.00578. The number of nitrogens with one attached hydrogen (secondary N) is 2. The van der Waals surface area contributed by atoms with E-state index in [4.69, 9.17) is 14.3 Å². The summed E-state index contributed by atoms with van der Waals surface area (Å²) in [4.78, 5) is 8.23. The molecule has 2 saturated heterocycles. The first-order chi connectivity index (χ1) is 11.2. The van der Waals surface area contributed by atoms with E-state index in [9.17, 15) is 0 Å². The van der Waals surface area contributed by atoms with Crippen LogP contribution < -0.4 is 10.8 Å². The highest BCUT2D eigenvalue weighted by molar-refractivity contribution is 6.62. The fraction of sp³-hybridized carbons (Fsp3) is 0.611. The van der Waals surface area contributed by atoms with Crippen LogP contribution in [-0.4, -0.2) is 34.8 Å². The summed E-state index contributed by atoms with van der Waals surface area (Å²) < 4.78 is 12.3. The Morgan fingerprint density at radius 3 is 2.50 bits per heavy atom. The number of hydrogen-bond acceptors (Lipinski definition) is 4. The van der Waals surface area contributed by atoms with Gasteiger partial charge < -0.3 is 19.6 Å².